The second kappa shape index (κ2) is 5.21. The summed E-state index contributed by atoms with van der Waals surface area (Å²) in [7, 11) is 0. The van der Waals surface area contributed by atoms with Gasteiger partial charge in [0.05, 0.1) is 12.7 Å². The third-order valence-corrected chi connectivity index (χ3v) is 7.55. The molecule has 22 heavy (non-hydrogen) atoms. The maximum atomic E-state index is 10.5. The highest BCUT2D eigenvalue weighted by atomic mass is 16.3. The number of rotatable bonds is 2. The molecule has 3 aliphatic carbocycles. The van der Waals surface area contributed by atoms with Crippen LogP contribution in [0, 0.1) is 28.1 Å². The first-order chi connectivity index (χ1) is 10.3. The summed E-state index contributed by atoms with van der Waals surface area (Å²) in [6.07, 6.45) is 10.6. The standard InChI is InChI=1S/C20H32O2/c1-5-20(13-21)11-8-15-14(12-20)6-7-16-18(2,3)17(22)9-10-19(15,16)4/h5,12,15-17,21-22H,1,6-11,13H2,2-4H3/t15-,16-,17+,19-,20+/m0/s1. The van der Waals surface area contributed by atoms with Crippen molar-refractivity contribution >= 4 is 0 Å². The minimum atomic E-state index is -0.196. The molecule has 0 bridgehead atoms. The average molecular weight is 304 g/mol. The van der Waals surface area contributed by atoms with Gasteiger partial charge in [0.2, 0.25) is 0 Å². The molecule has 0 amide bonds. The van der Waals surface area contributed by atoms with Gasteiger partial charge in [-0.15, -0.1) is 6.58 Å². The number of hydrogen-bond acceptors (Lipinski definition) is 2. The van der Waals surface area contributed by atoms with Crippen LogP contribution < -0.4 is 0 Å². The molecule has 0 radical (unpaired) electrons. The molecule has 124 valence electrons. The monoisotopic (exact) mass is 304 g/mol. The highest BCUT2D eigenvalue weighted by Crippen LogP contribution is 2.63. The van der Waals surface area contributed by atoms with Gasteiger partial charge in [-0.3, -0.25) is 0 Å². The molecule has 0 aliphatic heterocycles. The Morgan fingerprint density at radius 3 is 2.59 bits per heavy atom. The summed E-state index contributed by atoms with van der Waals surface area (Å²) < 4.78 is 0. The van der Waals surface area contributed by atoms with Crippen LogP contribution in [0.15, 0.2) is 24.3 Å². The number of hydrogen-bond donors (Lipinski definition) is 2. The van der Waals surface area contributed by atoms with Gasteiger partial charge in [0, 0.05) is 5.41 Å². The zero-order valence-corrected chi connectivity index (χ0v) is 14.4. The van der Waals surface area contributed by atoms with E-state index in [9.17, 15) is 10.2 Å². The number of aliphatic hydroxyl groups is 2. The molecule has 0 heterocycles. The Balaban J connectivity index is 1.97. The minimum Gasteiger partial charge on any atom is -0.395 e. The fourth-order valence-corrected chi connectivity index (χ4v) is 6.00. The van der Waals surface area contributed by atoms with E-state index in [1.165, 1.54) is 6.42 Å². The van der Waals surface area contributed by atoms with Crippen molar-refractivity contribution in [2.75, 3.05) is 6.61 Å². The SMILES string of the molecule is C=C[C@]1(CO)C=C2CC[C@H]3C(C)(C)[C@H](O)CC[C@@]3(C)[C@H]2CC1. The van der Waals surface area contributed by atoms with Gasteiger partial charge in [-0.05, 0) is 61.2 Å². The lowest BCUT2D eigenvalue weighted by atomic mass is 9.45. The van der Waals surface area contributed by atoms with Crippen molar-refractivity contribution in [3.05, 3.63) is 24.3 Å². The van der Waals surface area contributed by atoms with Gasteiger partial charge in [-0.2, -0.15) is 0 Å². The molecule has 0 aromatic carbocycles. The highest BCUT2D eigenvalue weighted by molar-refractivity contribution is 5.27. The van der Waals surface area contributed by atoms with Gasteiger partial charge in [-0.25, -0.2) is 0 Å². The molecule has 0 aromatic rings. The smallest absolute Gasteiger partial charge is 0.0594 e. The van der Waals surface area contributed by atoms with Gasteiger partial charge >= 0.3 is 0 Å². The maximum absolute atomic E-state index is 10.5. The molecule has 3 aliphatic rings. The van der Waals surface area contributed by atoms with Gasteiger partial charge in [0.25, 0.3) is 0 Å². The van der Waals surface area contributed by atoms with Crippen molar-refractivity contribution in [3.8, 4) is 0 Å². The molecule has 2 N–H and O–H groups in total. The lowest BCUT2D eigenvalue weighted by molar-refractivity contribution is -0.127. The van der Waals surface area contributed by atoms with Crippen molar-refractivity contribution < 1.29 is 10.2 Å². The summed E-state index contributed by atoms with van der Waals surface area (Å²) in [5.41, 5.74) is 1.67. The van der Waals surface area contributed by atoms with Crippen LogP contribution in [0.1, 0.15) is 59.3 Å². The summed E-state index contributed by atoms with van der Waals surface area (Å²) in [5.74, 6) is 1.22. The molecular formula is C20H32O2. The van der Waals surface area contributed by atoms with Crippen molar-refractivity contribution in [1.29, 1.82) is 0 Å². The van der Waals surface area contributed by atoms with Crippen LogP contribution in [0.5, 0.6) is 0 Å². The molecule has 2 fully saturated rings. The predicted molar refractivity (Wildman–Crippen MR) is 90.4 cm³/mol. The normalized spacial score (nSPS) is 47.1. The quantitative estimate of drug-likeness (QED) is 0.755. The predicted octanol–water partition coefficient (Wildman–Crippen LogP) is 4.08. The first-order valence-corrected chi connectivity index (χ1v) is 8.93. The molecule has 3 rings (SSSR count). The number of aliphatic hydroxyl groups excluding tert-OH is 2. The molecule has 0 aromatic heterocycles. The van der Waals surface area contributed by atoms with Crippen molar-refractivity contribution in [3.63, 3.8) is 0 Å². The topological polar surface area (TPSA) is 40.5 Å². The van der Waals surface area contributed by atoms with Gasteiger partial charge in [0.15, 0.2) is 0 Å². The Morgan fingerprint density at radius 2 is 1.95 bits per heavy atom. The summed E-state index contributed by atoms with van der Waals surface area (Å²) in [4.78, 5) is 0. The molecule has 2 saturated carbocycles. The first-order valence-electron chi connectivity index (χ1n) is 8.93. The van der Waals surface area contributed by atoms with Crippen molar-refractivity contribution in [2.24, 2.45) is 28.1 Å². The molecule has 0 unspecified atom stereocenters. The fourth-order valence-electron chi connectivity index (χ4n) is 6.00. The van der Waals surface area contributed by atoms with Crippen molar-refractivity contribution in [2.45, 2.75) is 65.4 Å². The highest BCUT2D eigenvalue weighted by Gasteiger charge is 2.57. The third-order valence-electron chi connectivity index (χ3n) is 7.55. The number of fused-ring (bicyclic) bond motifs is 3. The molecule has 0 spiro atoms. The molecule has 2 heteroatoms. The van der Waals surface area contributed by atoms with Gasteiger partial charge in [-0.1, -0.05) is 38.5 Å². The van der Waals surface area contributed by atoms with Crippen LogP contribution in [-0.2, 0) is 0 Å². The Morgan fingerprint density at radius 1 is 1.23 bits per heavy atom. The van der Waals surface area contributed by atoms with Crippen LogP contribution in [0.2, 0.25) is 0 Å². The van der Waals surface area contributed by atoms with E-state index in [0.29, 0.717) is 17.3 Å². The van der Waals surface area contributed by atoms with E-state index in [0.717, 1.165) is 32.1 Å². The minimum absolute atomic E-state index is 0.0164. The third kappa shape index (κ3) is 2.14. The van der Waals surface area contributed by atoms with Crippen LogP contribution in [-0.4, -0.2) is 22.9 Å². The van der Waals surface area contributed by atoms with Crippen LogP contribution >= 0.6 is 0 Å². The van der Waals surface area contributed by atoms with Crippen molar-refractivity contribution in [1.82, 2.24) is 0 Å². The van der Waals surface area contributed by atoms with E-state index in [1.54, 1.807) is 5.57 Å². The second-order valence-electron chi connectivity index (χ2n) is 8.88. The lowest BCUT2D eigenvalue weighted by Gasteiger charge is -2.61. The second-order valence-corrected chi connectivity index (χ2v) is 8.88. The summed E-state index contributed by atoms with van der Waals surface area (Å²) in [6.45, 7) is 11.1. The van der Waals surface area contributed by atoms with E-state index in [-0.39, 0.29) is 23.5 Å². The Kier molecular flexibility index (Phi) is 3.85. The summed E-state index contributed by atoms with van der Waals surface area (Å²) in [6, 6.07) is 0. The molecule has 0 saturated heterocycles. The summed E-state index contributed by atoms with van der Waals surface area (Å²) in [5, 5.41) is 20.3. The zero-order chi connectivity index (χ0) is 16.2. The van der Waals surface area contributed by atoms with E-state index < -0.39 is 0 Å². The molecule has 2 nitrogen and oxygen atoms in total. The Hall–Kier alpha value is -0.600. The van der Waals surface area contributed by atoms with E-state index in [1.807, 2.05) is 6.08 Å². The van der Waals surface area contributed by atoms with Crippen LogP contribution in [0.4, 0.5) is 0 Å². The van der Waals surface area contributed by atoms with Gasteiger partial charge < -0.3 is 10.2 Å². The lowest BCUT2D eigenvalue weighted by Crippen LogP contribution is -2.55. The van der Waals surface area contributed by atoms with E-state index in [2.05, 4.69) is 33.4 Å². The Labute approximate surface area is 135 Å². The van der Waals surface area contributed by atoms with Gasteiger partial charge in [0.1, 0.15) is 0 Å². The average Bonchev–Trinajstić information content (AvgIpc) is 2.51. The molecule has 5 atom stereocenters. The van der Waals surface area contributed by atoms with E-state index >= 15 is 0 Å². The number of allylic oxidation sites excluding steroid dienone is 1. The van der Waals surface area contributed by atoms with E-state index in [4.69, 9.17) is 0 Å². The first kappa shape index (κ1) is 16.3. The maximum Gasteiger partial charge on any atom is 0.0594 e. The largest absolute Gasteiger partial charge is 0.395 e. The molecular weight excluding hydrogens is 272 g/mol. The Bertz CT molecular complexity index is 492. The zero-order valence-electron chi connectivity index (χ0n) is 14.4. The fraction of sp³-hybridized carbons (Fsp3) is 0.800. The summed E-state index contributed by atoms with van der Waals surface area (Å²) >= 11 is 0. The van der Waals surface area contributed by atoms with Crippen LogP contribution in [0.3, 0.4) is 0 Å². The van der Waals surface area contributed by atoms with Crippen LogP contribution in [0.25, 0.3) is 0 Å².